The number of oxazole rings is 1. The summed E-state index contributed by atoms with van der Waals surface area (Å²) >= 11 is 0. The molecule has 4 heterocycles. The van der Waals surface area contributed by atoms with Gasteiger partial charge < -0.3 is 14.5 Å². The second-order valence-corrected chi connectivity index (χ2v) is 8.27. The molecule has 8 nitrogen and oxygen atoms in total. The Balaban J connectivity index is 1.37. The lowest BCUT2D eigenvalue weighted by Gasteiger charge is -2.29. The van der Waals surface area contributed by atoms with Crippen molar-refractivity contribution in [1.82, 2.24) is 24.7 Å². The zero-order valence-corrected chi connectivity index (χ0v) is 18.7. The van der Waals surface area contributed by atoms with Gasteiger partial charge in [-0.05, 0) is 38.7 Å². The van der Waals surface area contributed by atoms with E-state index in [4.69, 9.17) is 14.3 Å². The number of nitrogens with one attached hydrogen (secondary N) is 1. The highest BCUT2D eigenvalue weighted by Gasteiger charge is 2.36. The van der Waals surface area contributed by atoms with Gasteiger partial charge in [0, 0.05) is 25.0 Å². The number of pyridine rings is 2. The molecule has 35 heavy (non-hydrogen) atoms. The number of aromatic nitrogens is 5. The molecule has 0 radical (unpaired) electrons. The van der Waals surface area contributed by atoms with Crippen LogP contribution in [0, 0.1) is 5.82 Å². The number of alkyl halides is 3. The van der Waals surface area contributed by atoms with Gasteiger partial charge in [0.1, 0.15) is 18.2 Å². The summed E-state index contributed by atoms with van der Waals surface area (Å²) in [5, 5.41) is 8.76. The number of fused-ring (bicyclic) bond motifs is 1. The van der Waals surface area contributed by atoms with E-state index in [9.17, 15) is 17.6 Å². The van der Waals surface area contributed by atoms with Gasteiger partial charge in [0.05, 0.1) is 28.7 Å². The Labute approximate surface area is 197 Å². The molecule has 0 aromatic carbocycles. The minimum Gasteiger partial charge on any atom is -0.472 e. The topological polar surface area (TPSA) is 90.9 Å². The summed E-state index contributed by atoms with van der Waals surface area (Å²) in [5.74, 6) is -1.02. The predicted molar refractivity (Wildman–Crippen MR) is 118 cm³/mol. The fourth-order valence-electron chi connectivity index (χ4n) is 4.38. The van der Waals surface area contributed by atoms with Gasteiger partial charge in [0.2, 0.25) is 5.89 Å². The van der Waals surface area contributed by atoms with Crippen LogP contribution in [0.2, 0.25) is 0 Å². The Bertz CT molecular complexity index is 1310. The van der Waals surface area contributed by atoms with E-state index in [1.165, 1.54) is 6.26 Å². The Kier molecular flexibility index (Phi) is 6.03. The van der Waals surface area contributed by atoms with Gasteiger partial charge in [0.15, 0.2) is 11.5 Å². The lowest BCUT2D eigenvalue weighted by molar-refractivity contribution is -0.140. The average Bonchev–Trinajstić information content (AvgIpc) is 3.48. The van der Waals surface area contributed by atoms with Crippen molar-refractivity contribution in [2.45, 2.75) is 50.9 Å². The Hall–Kier alpha value is -3.70. The van der Waals surface area contributed by atoms with Crippen LogP contribution in [-0.4, -0.2) is 37.4 Å². The van der Waals surface area contributed by atoms with E-state index in [-0.39, 0.29) is 6.04 Å². The minimum atomic E-state index is -4.81. The molecule has 0 saturated heterocycles. The summed E-state index contributed by atoms with van der Waals surface area (Å²) in [6.45, 7) is 2.69. The third-order valence-electron chi connectivity index (χ3n) is 6.02. The maximum Gasteiger partial charge on any atom is 0.419 e. The highest BCUT2D eigenvalue weighted by Crippen LogP contribution is 2.38. The standard InChI is InChI=1S/C23H22F4N6O2/c1-2-28-18-11-17-15(12-31-18)20(22-30-9-10-34-22)32-33(17)13-3-5-14(6-4-13)35-21-19(24)16(7-8-29-21)23(25,26)27/h7-14H,2-6H2,1H3,(H,28,31). The van der Waals surface area contributed by atoms with Crippen LogP contribution in [0.25, 0.3) is 22.5 Å². The summed E-state index contributed by atoms with van der Waals surface area (Å²) in [4.78, 5) is 12.3. The monoisotopic (exact) mass is 490 g/mol. The van der Waals surface area contributed by atoms with E-state index in [0.717, 1.165) is 17.1 Å². The zero-order valence-electron chi connectivity index (χ0n) is 18.7. The first kappa shape index (κ1) is 23.1. The first-order chi connectivity index (χ1) is 16.8. The van der Waals surface area contributed by atoms with Crippen molar-refractivity contribution in [3.63, 3.8) is 0 Å². The molecule has 0 unspecified atom stereocenters. The van der Waals surface area contributed by atoms with Crippen LogP contribution in [0.4, 0.5) is 23.4 Å². The van der Waals surface area contributed by atoms with E-state index in [2.05, 4.69) is 20.3 Å². The number of anilines is 1. The minimum absolute atomic E-state index is 0.00254. The second-order valence-electron chi connectivity index (χ2n) is 8.27. The molecule has 0 bridgehead atoms. The van der Waals surface area contributed by atoms with Gasteiger partial charge in [-0.1, -0.05) is 0 Å². The Morgan fingerprint density at radius 1 is 1.14 bits per heavy atom. The zero-order chi connectivity index (χ0) is 24.6. The summed E-state index contributed by atoms with van der Waals surface area (Å²) in [6, 6.07) is 2.52. The quantitative estimate of drug-likeness (QED) is 0.350. The number of nitrogens with zero attached hydrogens (tertiary/aromatic N) is 5. The van der Waals surface area contributed by atoms with Gasteiger partial charge >= 0.3 is 6.18 Å². The molecule has 1 fully saturated rings. The fraction of sp³-hybridized carbons (Fsp3) is 0.391. The lowest BCUT2D eigenvalue weighted by Crippen LogP contribution is -2.27. The molecule has 5 rings (SSSR count). The summed E-state index contributed by atoms with van der Waals surface area (Å²) in [7, 11) is 0. The molecule has 0 spiro atoms. The van der Waals surface area contributed by atoms with E-state index < -0.39 is 29.5 Å². The molecule has 0 amide bonds. The van der Waals surface area contributed by atoms with Crippen LogP contribution in [0.15, 0.2) is 41.4 Å². The van der Waals surface area contributed by atoms with Crippen molar-refractivity contribution < 1.29 is 26.7 Å². The van der Waals surface area contributed by atoms with Gasteiger partial charge in [0.25, 0.3) is 5.88 Å². The van der Waals surface area contributed by atoms with Crippen molar-refractivity contribution in [3.8, 4) is 17.5 Å². The van der Waals surface area contributed by atoms with E-state index in [1.807, 2.05) is 17.7 Å². The molecular weight excluding hydrogens is 468 g/mol. The van der Waals surface area contributed by atoms with Crippen molar-refractivity contribution in [2.75, 3.05) is 11.9 Å². The largest absolute Gasteiger partial charge is 0.472 e. The molecule has 4 aromatic rings. The van der Waals surface area contributed by atoms with Gasteiger partial charge in [-0.3, -0.25) is 4.68 Å². The third-order valence-corrected chi connectivity index (χ3v) is 6.02. The Morgan fingerprint density at radius 2 is 1.94 bits per heavy atom. The van der Waals surface area contributed by atoms with Crippen molar-refractivity contribution in [1.29, 1.82) is 0 Å². The van der Waals surface area contributed by atoms with Crippen molar-refractivity contribution in [2.24, 2.45) is 0 Å². The number of halogens is 4. The van der Waals surface area contributed by atoms with E-state index >= 15 is 0 Å². The Morgan fingerprint density at radius 3 is 2.63 bits per heavy atom. The summed E-state index contributed by atoms with van der Waals surface area (Å²) in [5.41, 5.74) is 0.0524. The van der Waals surface area contributed by atoms with E-state index in [1.54, 1.807) is 12.4 Å². The molecule has 0 aliphatic heterocycles. The molecule has 1 saturated carbocycles. The van der Waals surface area contributed by atoms with Crippen molar-refractivity contribution in [3.05, 3.63) is 48.4 Å². The SMILES string of the molecule is CCNc1cc2c(cn1)c(-c1ncco1)nn2C1CCC(Oc2nccc(C(F)(F)F)c2F)CC1. The predicted octanol–water partition coefficient (Wildman–Crippen LogP) is 5.63. The first-order valence-electron chi connectivity index (χ1n) is 11.3. The number of hydrogen-bond acceptors (Lipinski definition) is 7. The summed E-state index contributed by atoms with van der Waals surface area (Å²) < 4.78 is 66.3. The fourth-order valence-corrected chi connectivity index (χ4v) is 4.38. The smallest absolute Gasteiger partial charge is 0.419 e. The van der Waals surface area contributed by atoms with Crippen molar-refractivity contribution >= 4 is 16.7 Å². The molecule has 12 heteroatoms. The van der Waals surface area contributed by atoms with Gasteiger partial charge in [-0.15, -0.1) is 0 Å². The highest BCUT2D eigenvalue weighted by molar-refractivity contribution is 5.92. The lowest BCUT2D eigenvalue weighted by atomic mass is 9.93. The molecule has 1 aliphatic carbocycles. The molecule has 1 N–H and O–H groups in total. The maximum absolute atomic E-state index is 14.3. The molecule has 4 aromatic heterocycles. The van der Waals surface area contributed by atoms with Crippen LogP contribution < -0.4 is 10.1 Å². The normalized spacial score (nSPS) is 18.7. The van der Waals surface area contributed by atoms with Gasteiger partial charge in [-0.25, -0.2) is 19.3 Å². The summed E-state index contributed by atoms with van der Waals surface area (Å²) in [6.07, 6.45) is 2.65. The number of ether oxygens (including phenoxy) is 1. The number of hydrogen-bond donors (Lipinski definition) is 1. The molecule has 184 valence electrons. The third kappa shape index (κ3) is 4.52. The molecule has 1 aliphatic rings. The molecular formula is C23H22F4N6O2. The first-order valence-corrected chi connectivity index (χ1v) is 11.3. The highest BCUT2D eigenvalue weighted by atomic mass is 19.4. The maximum atomic E-state index is 14.3. The number of rotatable bonds is 6. The average molecular weight is 490 g/mol. The van der Waals surface area contributed by atoms with Crippen LogP contribution in [0.3, 0.4) is 0 Å². The van der Waals surface area contributed by atoms with Crippen LogP contribution >= 0.6 is 0 Å². The van der Waals surface area contributed by atoms with Gasteiger partial charge in [-0.2, -0.15) is 18.3 Å². The van der Waals surface area contributed by atoms with Crippen LogP contribution in [0.5, 0.6) is 5.88 Å². The van der Waals surface area contributed by atoms with E-state index in [0.29, 0.717) is 55.7 Å². The van der Waals surface area contributed by atoms with Crippen LogP contribution in [-0.2, 0) is 6.18 Å². The molecule has 0 atom stereocenters. The van der Waals surface area contributed by atoms with Crippen LogP contribution in [0.1, 0.15) is 44.2 Å². The second kappa shape index (κ2) is 9.16.